The van der Waals surface area contributed by atoms with E-state index in [2.05, 4.69) is 15.3 Å². The number of nitrogens with zero attached hydrogens (tertiary/aromatic N) is 3. The summed E-state index contributed by atoms with van der Waals surface area (Å²) in [7, 11) is 3.35. The normalized spacial score (nSPS) is 25.2. The number of amides is 2. The van der Waals surface area contributed by atoms with E-state index in [9.17, 15) is 14.0 Å². The number of nitrogens with two attached hydrogens (primary N) is 1. The predicted molar refractivity (Wildman–Crippen MR) is 129 cm³/mol. The van der Waals surface area contributed by atoms with E-state index in [-0.39, 0.29) is 40.4 Å². The van der Waals surface area contributed by atoms with E-state index in [1.54, 1.807) is 14.1 Å². The first-order valence-corrected chi connectivity index (χ1v) is 11.8. The van der Waals surface area contributed by atoms with E-state index in [0.717, 1.165) is 0 Å². The van der Waals surface area contributed by atoms with Gasteiger partial charge in [-0.3, -0.25) is 9.59 Å². The quantitative estimate of drug-likeness (QED) is 0.590. The van der Waals surface area contributed by atoms with E-state index < -0.39 is 28.7 Å². The highest BCUT2D eigenvalue weighted by Gasteiger charge is 2.68. The van der Waals surface area contributed by atoms with Gasteiger partial charge in [0.25, 0.3) is 5.91 Å². The molecule has 0 spiro atoms. The molecule has 2 heterocycles. The van der Waals surface area contributed by atoms with Gasteiger partial charge in [0.15, 0.2) is 5.17 Å². The van der Waals surface area contributed by atoms with Crippen LogP contribution in [-0.4, -0.2) is 52.4 Å². The van der Waals surface area contributed by atoms with Crippen molar-refractivity contribution in [2.75, 3.05) is 26.1 Å². The van der Waals surface area contributed by atoms with Gasteiger partial charge in [-0.2, -0.15) is 0 Å². The SMILES string of the molecule is CN(C)C(=O)CC[C@]12CC1[C@@](CF)(c1cc(NC(=O)c3ccc(Cl)cn3)ccc1F)N=C(N)S2. The van der Waals surface area contributed by atoms with Crippen LogP contribution in [-0.2, 0) is 10.3 Å². The molecule has 1 fully saturated rings. The maximum Gasteiger partial charge on any atom is 0.274 e. The summed E-state index contributed by atoms with van der Waals surface area (Å²) in [6.45, 7) is -0.963. The molecule has 2 aromatic rings. The third-order valence-electron chi connectivity index (χ3n) is 6.33. The van der Waals surface area contributed by atoms with Gasteiger partial charge in [0, 0.05) is 48.6 Å². The summed E-state index contributed by atoms with van der Waals surface area (Å²) in [4.78, 5) is 34.5. The molecule has 1 aliphatic heterocycles. The first-order valence-electron chi connectivity index (χ1n) is 10.6. The Bertz CT molecular complexity index is 1160. The number of alkyl halides is 1. The molecule has 0 radical (unpaired) electrons. The van der Waals surface area contributed by atoms with Gasteiger partial charge in [0.05, 0.1) is 5.02 Å². The molecule has 180 valence electrons. The number of rotatable bonds is 7. The molecule has 0 bridgehead atoms. The average Bonchev–Trinajstić information content (AvgIpc) is 3.53. The Morgan fingerprint density at radius 3 is 2.74 bits per heavy atom. The topological polar surface area (TPSA) is 101 Å². The minimum atomic E-state index is -1.53. The molecule has 3 atom stereocenters. The third kappa shape index (κ3) is 4.48. The summed E-state index contributed by atoms with van der Waals surface area (Å²) in [6.07, 6.45) is 2.66. The molecule has 1 unspecified atom stereocenters. The molecule has 2 amide bonds. The number of thioether (sulfide) groups is 1. The first-order chi connectivity index (χ1) is 16.1. The van der Waals surface area contributed by atoms with E-state index in [4.69, 9.17) is 17.3 Å². The fraction of sp³-hybridized carbons (Fsp3) is 0.391. The first kappa shape index (κ1) is 24.4. The smallest absolute Gasteiger partial charge is 0.274 e. The van der Waals surface area contributed by atoms with Crippen LogP contribution in [0.2, 0.25) is 5.02 Å². The number of nitrogens with one attached hydrogen (secondary N) is 1. The van der Waals surface area contributed by atoms with Crippen molar-refractivity contribution in [1.82, 2.24) is 9.88 Å². The number of carbonyl (C=O) groups excluding carboxylic acids is 2. The number of hydrogen-bond donors (Lipinski definition) is 2. The van der Waals surface area contributed by atoms with Gasteiger partial charge in [-0.1, -0.05) is 23.4 Å². The van der Waals surface area contributed by atoms with Crippen molar-refractivity contribution < 1.29 is 18.4 Å². The lowest BCUT2D eigenvalue weighted by Crippen LogP contribution is -2.40. The second-order valence-electron chi connectivity index (χ2n) is 8.73. The van der Waals surface area contributed by atoms with Crippen LogP contribution in [0.1, 0.15) is 35.3 Å². The molecular weight excluding hydrogens is 484 g/mol. The van der Waals surface area contributed by atoms with Crippen LogP contribution in [0.15, 0.2) is 41.5 Å². The zero-order valence-electron chi connectivity index (χ0n) is 18.6. The maximum atomic E-state index is 15.1. The van der Waals surface area contributed by atoms with Crippen LogP contribution < -0.4 is 11.1 Å². The Labute approximate surface area is 205 Å². The van der Waals surface area contributed by atoms with Crippen LogP contribution >= 0.6 is 23.4 Å². The number of fused-ring (bicyclic) bond motifs is 1. The number of halogens is 3. The molecule has 11 heteroatoms. The molecule has 1 aliphatic carbocycles. The Balaban J connectivity index is 1.63. The predicted octanol–water partition coefficient (Wildman–Crippen LogP) is 3.98. The monoisotopic (exact) mass is 507 g/mol. The van der Waals surface area contributed by atoms with Crippen LogP contribution in [0.25, 0.3) is 0 Å². The van der Waals surface area contributed by atoms with Gasteiger partial charge in [0.2, 0.25) is 5.91 Å². The lowest BCUT2D eigenvalue weighted by atomic mass is 9.84. The van der Waals surface area contributed by atoms with Crippen molar-refractivity contribution in [2.45, 2.75) is 29.5 Å². The summed E-state index contributed by atoms with van der Waals surface area (Å²) in [5, 5.41) is 3.20. The standard InChI is InChI=1S/C23H24ClF2N5O2S/c1-31(2)19(32)7-8-22-10-18(22)23(12-25,30-21(27)34-22)15-9-14(4-5-16(15)26)29-20(33)17-6-3-13(24)11-28-17/h3-6,9,11,18H,7-8,10,12H2,1-2H3,(H2,27,30)(H,29,33)/t18?,22-,23+/m0/s1. The zero-order chi connectivity index (χ0) is 24.7. The molecule has 7 nitrogen and oxygen atoms in total. The van der Waals surface area contributed by atoms with Gasteiger partial charge in [0.1, 0.15) is 23.7 Å². The average molecular weight is 508 g/mol. The lowest BCUT2D eigenvalue weighted by Gasteiger charge is -2.35. The van der Waals surface area contributed by atoms with Crippen LogP contribution in [0.5, 0.6) is 0 Å². The van der Waals surface area contributed by atoms with Crippen molar-refractivity contribution in [2.24, 2.45) is 16.6 Å². The number of aromatic nitrogens is 1. The minimum Gasteiger partial charge on any atom is -0.378 e. The van der Waals surface area contributed by atoms with Gasteiger partial charge < -0.3 is 16.0 Å². The fourth-order valence-corrected chi connectivity index (χ4v) is 5.99. The minimum absolute atomic E-state index is 0.0194. The van der Waals surface area contributed by atoms with Crippen LogP contribution in [0, 0.1) is 11.7 Å². The largest absolute Gasteiger partial charge is 0.378 e. The summed E-state index contributed by atoms with van der Waals surface area (Å²) in [6, 6.07) is 6.94. The molecular formula is C23H24ClF2N5O2S. The van der Waals surface area contributed by atoms with Gasteiger partial charge >= 0.3 is 0 Å². The van der Waals surface area contributed by atoms with E-state index >= 15 is 4.39 Å². The summed E-state index contributed by atoms with van der Waals surface area (Å²) >= 11 is 7.14. The second kappa shape index (κ2) is 9.14. The van der Waals surface area contributed by atoms with Gasteiger partial charge in [-0.05, 0) is 43.2 Å². The molecule has 34 heavy (non-hydrogen) atoms. The molecule has 1 saturated carbocycles. The Morgan fingerprint density at radius 2 is 2.09 bits per heavy atom. The number of hydrogen-bond acceptors (Lipinski definition) is 6. The molecule has 0 saturated heterocycles. The maximum absolute atomic E-state index is 15.1. The Kier molecular flexibility index (Phi) is 6.56. The third-order valence-corrected chi connectivity index (χ3v) is 7.92. The van der Waals surface area contributed by atoms with E-state index in [1.807, 2.05) is 0 Å². The van der Waals surface area contributed by atoms with E-state index in [0.29, 0.717) is 17.9 Å². The van der Waals surface area contributed by atoms with Crippen LogP contribution in [0.3, 0.4) is 0 Å². The number of amidine groups is 1. The lowest BCUT2D eigenvalue weighted by molar-refractivity contribution is -0.128. The van der Waals surface area contributed by atoms with Crippen molar-refractivity contribution in [3.8, 4) is 0 Å². The van der Waals surface area contributed by atoms with Gasteiger partial charge in [-0.15, -0.1) is 0 Å². The Hall–Kier alpha value is -2.72. The molecule has 3 N–H and O–H groups in total. The second-order valence-corrected chi connectivity index (χ2v) is 10.6. The fourth-order valence-electron chi connectivity index (χ4n) is 4.46. The zero-order valence-corrected chi connectivity index (χ0v) is 20.2. The number of pyridine rings is 1. The van der Waals surface area contributed by atoms with Gasteiger partial charge in [-0.25, -0.2) is 18.8 Å². The number of anilines is 1. The van der Waals surface area contributed by atoms with Crippen molar-refractivity contribution in [1.29, 1.82) is 0 Å². The number of benzene rings is 1. The molecule has 1 aromatic heterocycles. The van der Waals surface area contributed by atoms with Crippen molar-refractivity contribution in [3.05, 3.63) is 58.6 Å². The highest BCUT2D eigenvalue weighted by atomic mass is 35.5. The Morgan fingerprint density at radius 1 is 1.32 bits per heavy atom. The van der Waals surface area contributed by atoms with Crippen molar-refractivity contribution >= 4 is 46.0 Å². The molecule has 2 aliphatic rings. The summed E-state index contributed by atoms with van der Waals surface area (Å²) in [5.74, 6) is -1.54. The van der Waals surface area contributed by atoms with Crippen molar-refractivity contribution in [3.63, 3.8) is 0 Å². The molecule has 4 rings (SSSR count). The highest BCUT2D eigenvalue weighted by Crippen LogP contribution is 2.68. The number of aliphatic imine (C=N–C) groups is 1. The van der Waals surface area contributed by atoms with E-state index in [1.165, 1.54) is 53.2 Å². The molecule has 1 aromatic carbocycles. The van der Waals surface area contributed by atoms with Crippen LogP contribution in [0.4, 0.5) is 14.5 Å². The summed E-state index contributed by atoms with van der Waals surface area (Å²) < 4.78 is 29.3. The highest BCUT2D eigenvalue weighted by molar-refractivity contribution is 8.15. The summed E-state index contributed by atoms with van der Waals surface area (Å²) in [5.41, 5.74) is 4.97. The number of carbonyl (C=O) groups is 2.